The van der Waals surface area contributed by atoms with Gasteiger partial charge in [-0.1, -0.05) is 76.5 Å². The second-order valence-corrected chi connectivity index (χ2v) is 11.6. The molecule has 29 heavy (non-hydrogen) atoms. The zero-order valence-corrected chi connectivity index (χ0v) is 19.6. The van der Waals surface area contributed by atoms with Gasteiger partial charge in [-0.3, -0.25) is 0 Å². The van der Waals surface area contributed by atoms with E-state index in [-0.39, 0.29) is 6.61 Å². The highest BCUT2D eigenvalue weighted by Crippen LogP contribution is 2.65. The molecule has 4 aliphatic carbocycles. The Labute approximate surface area is 179 Å². The molecule has 8 atom stereocenters. The van der Waals surface area contributed by atoms with Gasteiger partial charge in [-0.05, 0) is 91.3 Å². The van der Waals surface area contributed by atoms with Crippen LogP contribution in [0.25, 0.3) is 0 Å². The van der Waals surface area contributed by atoms with Crippen molar-refractivity contribution in [2.75, 3.05) is 6.61 Å². The average molecular weight is 397 g/mol. The summed E-state index contributed by atoms with van der Waals surface area (Å²) in [5, 5.41) is 9.45. The van der Waals surface area contributed by atoms with E-state index in [1.165, 1.54) is 51.4 Å². The minimum absolute atomic E-state index is 0.285. The van der Waals surface area contributed by atoms with Gasteiger partial charge in [-0.2, -0.15) is 0 Å². The van der Waals surface area contributed by atoms with E-state index in [4.69, 9.17) is 0 Å². The molecule has 0 spiro atoms. The van der Waals surface area contributed by atoms with Crippen molar-refractivity contribution in [1.82, 2.24) is 0 Å². The number of rotatable bonds is 5. The van der Waals surface area contributed by atoms with Crippen LogP contribution in [0, 0.1) is 46.3 Å². The zero-order chi connectivity index (χ0) is 20.8. The van der Waals surface area contributed by atoms with E-state index < -0.39 is 0 Å². The summed E-state index contributed by atoms with van der Waals surface area (Å²) in [6, 6.07) is 0. The minimum atomic E-state index is 0.285. The molecule has 0 saturated heterocycles. The maximum absolute atomic E-state index is 9.45. The van der Waals surface area contributed by atoms with E-state index >= 15 is 0 Å². The molecule has 0 heterocycles. The highest BCUT2D eigenvalue weighted by molar-refractivity contribution is 5.38. The van der Waals surface area contributed by atoms with Gasteiger partial charge in [0.15, 0.2) is 0 Å². The highest BCUT2D eigenvalue weighted by atomic mass is 16.3. The van der Waals surface area contributed by atoms with E-state index in [0.717, 1.165) is 17.8 Å². The van der Waals surface area contributed by atoms with Gasteiger partial charge < -0.3 is 5.11 Å². The Hall–Kier alpha value is -0.820. The monoisotopic (exact) mass is 396 g/mol. The molecule has 1 nitrogen and oxygen atoms in total. The Morgan fingerprint density at radius 2 is 1.79 bits per heavy atom. The standard InChI is InChI=1S/C28H44O/c1-19(21(3)18-29)9-10-20(2)24-13-14-25-23-12-11-22-8-6-7-16-27(22,4)26(23)15-17-28(24,25)5/h9-12,19-21,24-26,29H,6-8,13-18H2,1-5H3/t19?,20?,21?,24-,25+,26+,27+,28-/m1/s1. The van der Waals surface area contributed by atoms with Crippen molar-refractivity contribution in [3.63, 3.8) is 0 Å². The molecule has 0 aromatic carbocycles. The largest absolute Gasteiger partial charge is 0.396 e. The molecule has 0 radical (unpaired) electrons. The molecule has 1 heteroatoms. The average Bonchev–Trinajstić information content (AvgIpc) is 3.08. The molecule has 0 aromatic heterocycles. The first-order valence-electron chi connectivity index (χ1n) is 12.5. The fraction of sp³-hybridized carbons (Fsp3) is 0.786. The lowest BCUT2D eigenvalue weighted by atomic mass is 9.50. The fourth-order valence-corrected chi connectivity index (χ4v) is 7.78. The van der Waals surface area contributed by atoms with Crippen LogP contribution in [0.2, 0.25) is 0 Å². The normalized spacial score (nSPS) is 42.3. The Morgan fingerprint density at radius 3 is 2.55 bits per heavy atom. The van der Waals surface area contributed by atoms with Gasteiger partial charge in [0.05, 0.1) is 0 Å². The van der Waals surface area contributed by atoms with E-state index in [0.29, 0.717) is 28.6 Å². The van der Waals surface area contributed by atoms with Gasteiger partial charge in [0.2, 0.25) is 0 Å². The first kappa shape index (κ1) is 21.4. The van der Waals surface area contributed by atoms with Crippen molar-refractivity contribution < 1.29 is 5.11 Å². The van der Waals surface area contributed by atoms with Crippen LogP contribution in [0.5, 0.6) is 0 Å². The van der Waals surface area contributed by atoms with Crippen molar-refractivity contribution in [1.29, 1.82) is 0 Å². The van der Waals surface area contributed by atoms with Gasteiger partial charge in [-0.15, -0.1) is 0 Å². The van der Waals surface area contributed by atoms with Crippen LogP contribution in [-0.4, -0.2) is 11.7 Å². The molecule has 4 rings (SSSR count). The van der Waals surface area contributed by atoms with Gasteiger partial charge in [0.25, 0.3) is 0 Å². The predicted octanol–water partition coefficient (Wildman–Crippen LogP) is 7.33. The summed E-state index contributed by atoms with van der Waals surface area (Å²) >= 11 is 0. The third-order valence-corrected chi connectivity index (χ3v) is 10.1. The van der Waals surface area contributed by atoms with Crippen molar-refractivity contribution >= 4 is 0 Å². The lowest BCUT2D eigenvalue weighted by molar-refractivity contribution is 0.0575. The van der Waals surface area contributed by atoms with Crippen LogP contribution in [0.4, 0.5) is 0 Å². The number of hydrogen-bond donors (Lipinski definition) is 1. The van der Waals surface area contributed by atoms with Gasteiger partial charge in [0.1, 0.15) is 0 Å². The van der Waals surface area contributed by atoms with Gasteiger partial charge >= 0.3 is 0 Å². The molecule has 0 aromatic rings. The summed E-state index contributed by atoms with van der Waals surface area (Å²) in [4.78, 5) is 0. The summed E-state index contributed by atoms with van der Waals surface area (Å²) < 4.78 is 0. The number of fused-ring (bicyclic) bond motifs is 5. The van der Waals surface area contributed by atoms with E-state index in [9.17, 15) is 5.11 Å². The maximum Gasteiger partial charge on any atom is 0.0462 e. The van der Waals surface area contributed by atoms with Crippen LogP contribution < -0.4 is 0 Å². The summed E-state index contributed by atoms with van der Waals surface area (Å²) in [5.41, 5.74) is 4.52. The number of allylic oxidation sites excluding steroid dienone is 6. The molecular formula is C28H44O. The number of hydrogen-bond acceptors (Lipinski definition) is 1. The Balaban J connectivity index is 1.54. The second kappa shape index (κ2) is 8.03. The van der Waals surface area contributed by atoms with Crippen molar-refractivity contribution in [3.05, 3.63) is 35.5 Å². The van der Waals surface area contributed by atoms with Gasteiger partial charge in [-0.25, -0.2) is 0 Å². The molecular weight excluding hydrogens is 352 g/mol. The minimum Gasteiger partial charge on any atom is -0.396 e. The Bertz CT molecular complexity index is 699. The molecule has 4 aliphatic rings. The third kappa shape index (κ3) is 3.50. The first-order valence-corrected chi connectivity index (χ1v) is 12.5. The molecule has 3 fully saturated rings. The smallest absolute Gasteiger partial charge is 0.0462 e. The quantitative estimate of drug-likeness (QED) is 0.482. The molecule has 3 saturated carbocycles. The SMILES string of the molecule is CC(C=CC(C)[C@H]1CC[C@H]2C3=CC=C4CCCC[C@]4(C)[C@H]3CC[C@]12C)C(C)CO. The van der Waals surface area contributed by atoms with Crippen molar-refractivity contribution in [2.24, 2.45) is 46.3 Å². The third-order valence-electron chi connectivity index (χ3n) is 10.1. The summed E-state index contributed by atoms with van der Waals surface area (Å²) in [6.45, 7) is 12.4. The zero-order valence-electron chi connectivity index (χ0n) is 19.6. The maximum atomic E-state index is 9.45. The molecule has 0 amide bonds. The molecule has 3 unspecified atom stereocenters. The lowest BCUT2D eigenvalue weighted by Gasteiger charge is -2.54. The number of aliphatic hydroxyl groups is 1. The van der Waals surface area contributed by atoms with Crippen LogP contribution in [0.3, 0.4) is 0 Å². The fourth-order valence-electron chi connectivity index (χ4n) is 7.78. The molecule has 0 bridgehead atoms. The molecule has 0 aliphatic heterocycles. The Kier molecular flexibility index (Phi) is 5.93. The van der Waals surface area contributed by atoms with E-state index in [1.54, 1.807) is 5.57 Å². The lowest BCUT2D eigenvalue weighted by Crippen LogP contribution is -2.45. The molecule has 1 N–H and O–H groups in total. The van der Waals surface area contributed by atoms with Crippen LogP contribution in [-0.2, 0) is 0 Å². The summed E-state index contributed by atoms with van der Waals surface area (Å²) in [5.74, 6) is 3.86. The van der Waals surface area contributed by atoms with Crippen molar-refractivity contribution in [3.8, 4) is 0 Å². The summed E-state index contributed by atoms with van der Waals surface area (Å²) in [6.07, 6.45) is 21.2. The van der Waals surface area contributed by atoms with Gasteiger partial charge in [0, 0.05) is 6.61 Å². The number of aliphatic hydroxyl groups excluding tert-OH is 1. The second-order valence-electron chi connectivity index (χ2n) is 11.6. The summed E-state index contributed by atoms with van der Waals surface area (Å²) in [7, 11) is 0. The van der Waals surface area contributed by atoms with E-state index in [2.05, 4.69) is 58.9 Å². The van der Waals surface area contributed by atoms with Crippen molar-refractivity contribution in [2.45, 2.75) is 86.0 Å². The van der Waals surface area contributed by atoms with Crippen LogP contribution in [0.15, 0.2) is 35.5 Å². The topological polar surface area (TPSA) is 20.2 Å². The highest BCUT2D eigenvalue weighted by Gasteiger charge is 2.56. The Morgan fingerprint density at radius 1 is 1.00 bits per heavy atom. The molecule has 162 valence electrons. The van der Waals surface area contributed by atoms with Crippen LogP contribution in [0.1, 0.15) is 86.0 Å². The predicted molar refractivity (Wildman–Crippen MR) is 124 cm³/mol. The van der Waals surface area contributed by atoms with E-state index in [1.807, 2.05) is 5.57 Å². The van der Waals surface area contributed by atoms with Crippen LogP contribution >= 0.6 is 0 Å². The first-order chi connectivity index (χ1) is 13.8.